The zero-order valence-electron chi connectivity index (χ0n) is 12.9. The maximum Gasteiger partial charge on any atom is 0.308 e. The summed E-state index contributed by atoms with van der Waals surface area (Å²) in [6.45, 7) is 6.52. The van der Waals surface area contributed by atoms with Gasteiger partial charge < -0.3 is 5.11 Å². The van der Waals surface area contributed by atoms with Crippen molar-refractivity contribution in [3.63, 3.8) is 0 Å². The number of aromatic nitrogens is 4. The number of tetrazole rings is 1. The Morgan fingerprint density at radius 2 is 2.24 bits per heavy atom. The molecule has 118 valence electrons. The number of aliphatic carboxylic acids is 1. The molecule has 6 nitrogen and oxygen atoms in total. The van der Waals surface area contributed by atoms with Crippen LogP contribution in [-0.4, -0.2) is 37.0 Å². The van der Waals surface area contributed by atoms with E-state index in [4.69, 9.17) is 0 Å². The Morgan fingerprint density at radius 1 is 1.48 bits per heavy atom. The largest absolute Gasteiger partial charge is 0.481 e. The standard InChI is InChI=1S/C14H24N4O2S/c1-14(2,3)8-10(13(19)20)9-18-12(15-16-17-18)11-6-4-5-7-21-11/h10-11H,4-9H2,1-3H3,(H,19,20). The fraction of sp³-hybridized carbons (Fsp3) is 0.857. The third-order valence-corrected chi connectivity index (χ3v) is 5.00. The third kappa shape index (κ3) is 4.69. The smallest absolute Gasteiger partial charge is 0.308 e. The van der Waals surface area contributed by atoms with E-state index in [1.807, 2.05) is 11.8 Å². The number of carboxylic acid groups (broad SMARTS) is 1. The molecule has 21 heavy (non-hydrogen) atoms. The summed E-state index contributed by atoms with van der Waals surface area (Å²) < 4.78 is 1.70. The Hall–Kier alpha value is -1.11. The summed E-state index contributed by atoms with van der Waals surface area (Å²) in [5.41, 5.74) is -0.0309. The first-order valence-electron chi connectivity index (χ1n) is 7.47. The van der Waals surface area contributed by atoms with Crippen molar-refractivity contribution in [1.29, 1.82) is 0 Å². The highest BCUT2D eigenvalue weighted by Gasteiger charge is 2.28. The van der Waals surface area contributed by atoms with E-state index in [0.717, 1.165) is 18.0 Å². The van der Waals surface area contributed by atoms with Crippen molar-refractivity contribution in [2.24, 2.45) is 11.3 Å². The normalized spacial score (nSPS) is 21.2. The van der Waals surface area contributed by atoms with Crippen LogP contribution >= 0.6 is 11.8 Å². The molecule has 2 rings (SSSR count). The van der Waals surface area contributed by atoms with Gasteiger partial charge in [0, 0.05) is 0 Å². The fourth-order valence-electron chi connectivity index (χ4n) is 2.69. The summed E-state index contributed by atoms with van der Waals surface area (Å²) >= 11 is 1.87. The van der Waals surface area contributed by atoms with Crippen LogP contribution in [0.4, 0.5) is 0 Å². The summed E-state index contributed by atoms with van der Waals surface area (Å²) in [6, 6.07) is 0. The molecule has 1 saturated heterocycles. The van der Waals surface area contributed by atoms with Gasteiger partial charge >= 0.3 is 5.97 Å². The number of hydrogen-bond acceptors (Lipinski definition) is 5. The Morgan fingerprint density at radius 3 is 2.81 bits per heavy atom. The van der Waals surface area contributed by atoms with Gasteiger partial charge in [-0.05, 0) is 40.9 Å². The Kier molecular flexibility index (Phi) is 5.24. The summed E-state index contributed by atoms with van der Waals surface area (Å²) in [4.78, 5) is 11.5. The quantitative estimate of drug-likeness (QED) is 0.900. The first-order valence-corrected chi connectivity index (χ1v) is 8.52. The van der Waals surface area contributed by atoms with Gasteiger partial charge in [-0.15, -0.1) is 5.10 Å². The monoisotopic (exact) mass is 312 g/mol. The molecule has 2 unspecified atom stereocenters. The molecule has 1 aliphatic heterocycles. The minimum Gasteiger partial charge on any atom is -0.481 e. The first kappa shape index (κ1) is 16.3. The van der Waals surface area contributed by atoms with Crippen LogP contribution in [0.1, 0.15) is 57.5 Å². The lowest BCUT2D eigenvalue weighted by Crippen LogP contribution is -2.27. The lowest BCUT2D eigenvalue weighted by atomic mass is 9.84. The number of rotatable bonds is 5. The predicted octanol–water partition coefficient (Wildman–Crippen LogP) is 2.77. The van der Waals surface area contributed by atoms with Crippen LogP contribution in [0.3, 0.4) is 0 Å². The lowest BCUT2D eigenvalue weighted by Gasteiger charge is -2.24. The molecular weight excluding hydrogens is 288 g/mol. The summed E-state index contributed by atoms with van der Waals surface area (Å²) in [5.74, 6) is 0.727. The van der Waals surface area contributed by atoms with E-state index in [0.29, 0.717) is 18.2 Å². The Balaban J connectivity index is 2.10. The number of thioether (sulfide) groups is 1. The van der Waals surface area contributed by atoms with E-state index in [9.17, 15) is 9.90 Å². The second kappa shape index (κ2) is 6.77. The molecule has 0 amide bonds. The highest BCUT2D eigenvalue weighted by Crippen LogP contribution is 2.37. The van der Waals surface area contributed by atoms with Crippen molar-refractivity contribution in [1.82, 2.24) is 20.2 Å². The van der Waals surface area contributed by atoms with Crippen molar-refractivity contribution >= 4 is 17.7 Å². The minimum atomic E-state index is -0.775. The third-order valence-electron chi connectivity index (χ3n) is 3.63. The molecular formula is C14H24N4O2S. The molecule has 0 aliphatic carbocycles. The van der Waals surface area contributed by atoms with E-state index < -0.39 is 11.9 Å². The van der Waals surface area contributed by atoms with Gasteiger partial charge in [-0.2, -0.15) is 11.8 Å². The van der Waals surface area contributed by atoms with Gasteiger partial charge in [0.05, 0.1) is 17.7 Å². The molecule has 0 bridgehead atoms. The van der Waals surface area contributed by atoms with Crippen LogP contribution in [0.2, 0.25) is 0 Å². The number of nitrogens with zero attached hydrogens (tertiary/aromatic N) is 4. The summed E-state index contributed by atoms with van der Waals surface area (Å²) in [5, 5.41) is 21.7. The van der Waals surface area contributed by atoms with Crippen LogP contribution in [-0.2, 0) is 11.3 Å². The molecule has 1 fully saturated rings. The summed E-state index contributed by atoms with van der Waals surface area (Å²) in [6.07, 6.45) is 4.11. The molecule has 1 aromatic heterocycles. The number of carboxylic acids is 1. The maximum absolute atomic E-state index is 11.5. The second-order valence-electron chi connectivity index (χ2n) is 6.87. The van der Waals surface area contributed by atoms with Crippen molar-refractivity contribution < 1.29 is 9.90 Å². The molecule has 1 N–H and O–H groups in total. The molecule has 1 aliphatic rings. The fourth-order valence-corrected chi connectivity index (χ4v) is 4.00. The van der Waals surface area contributed by atoms with E-state index in [1.54, 1.807) is 4.68 Å². The van der Waals surface area contributed by atoms with Crippen LogP contribution in [0.25, 0.3) is 0 Å². The highest BCUT2D eigenvalue weighted by molar-refractivity contribution is 7.99. The van der Waals surface area contributed by atoms with Gasteiger partial charge in [-0.1, -0.05) is 27.2 Å². The van der Waals surface area contributed by atoms with E-state index in [2.05, 4.69) is 36.3 Å². The van der Waals surface area contributed by atoms with Crippen molar-refractivity contribution in [3.05, 3.63) is 5.82 Å². The first-order chi connectivity index (χ1) is 9.87. The molecule has 0 aromatic carbocycles. The average Bonchev–Trinajstić information content (AvgIpc) is 2.85. The zero-order valence-corrected chi connectivity index (χ0v) is 13.8. The molecule has 2 atom stereocenters. The van der Waals surface area contributed by atoms with E-state index in [-0.39, 0.29) is 5.41 Å². The van der Waals surface area contributed by atoms with Crippen LogP contribution in [0, 0.1) is 11.3 Å². The van der Waals surface area contributed by atoms with Crippen LogP contribution in [0.5, 0.6) is 0 Å². The summed E-state index contributed by atoms with van der Waals surface area (Å²) in [7, 11) is 0. The van der Waals surface area contributed by atoms with Gasteiger partial charge in [-0.3, -0.25) is 4.79 Å². The van der Waals surface area contributed by atoms with E-state index in [1.165, 1.54) is 12.8 Å². The van der Waals surface area contributed by atoms with E-state index >= 15 is 0 Å². The lowest BCUT2D eigenvalue weighted by molar-refractivity contribution is -0.143. The molecule has 1 aromatic rings. The minimum absolute atomic E-state index is 0.0309. The number of carbonyl (C=O) groups is 1. The molecule has 0 spiro atoms. The van der Waals surface area contributed by atoms with Gasteiger partial charge in [0.25, 0.3) is 0 Å². The molecule has 0 radical (unpaired) electrons. The highest BCUT2D eigenvalue weighted by atomic mass is 32.2. The van der Waals surface area contributed by atoms with Gasteiger partial charge in [0.15, 0.2) is 5.82 Å². The van der Waals surface area contributed by atoms with Gasteiger partial charge in [0.1, 0.15) is 0 Å². The van der Waals surface area contributed by atoms with Crippen molar-refractivity contribution in [3.8, 4) is 0 Å². The predicted molar refractivity (Wildman–Crippen MR) is 82.1 cm³/mol. The topological polar surface area (TPSA) is 80.9 Å². The van der Waals surface area contributed by atoms with Crippen molar-refractivity contribution in [2.75, 3.05) is 5.75 Å². The zero-order chi connectivity index (χ0) is 15.5. The molecule has 0 saturated carbocycles. The average molecular weight is 312 g/mol. The van der Waals surface area contributed by atoms with Gasteiger partial charge in [0.2, 0.25) is 0 Å². The number of hydrogen-bond donors (Lipinski definition) is 1. The second-order valence-corrected chi connectivity index (χ2v) is 8.18. The van der Waals surface area contributed by atoms with Crippen molar-refractivity contribution in [2.45, 2.75) is 58.2 Å². The Labute approximate surface area is 129 Å². The molecule has 2 heterocycles. The van der Waals surface area contributed by atoms with Crippen LogP contribution < -0.4 is 0 Å². The maximum atomic E-state index is 11.5. The Bertz CT molecular complexity index is 478. The molecule has 7 heteroatoms. The van der Waals surface area contributed by atoms with Crippen LogP contribution in [0.15, 0.2) is 0 Å². The van der Waals surface area contributed by atoms with Gasteiger partial charge in [-0.25, -0.2) is 4.68 Å². The SMILES string of the molecule is CC(C)(C)CC(Cn1nnnc1C1CCCCS1)C(=O)O.